The van der Waals surface area contributed by atoms with E-state index in [1.807, 2.05) is 6.92 Å². The molecule has 5 nitrogen and oxygen atoms in total. The van der Waals surface area contributed by atoms with E-state index in [0.29, 0.717) is 41.3 Å². The molecule has 24 heavy (non-hydrogen) atoms. The molecule has 1 heterocycles. The molecule has 2 aromatic rings. The zero-order valence-electron chi connectivity index (χ0n) is 13.3. The Morgan fingerprint density at radius 1 is 1.25 bits per heavy atom. The van der Waals surface area contributed by atoms with Crippen molar-refractivity contribution in [2.24, 2.45) is 0 Å². The first-order valence-corrected chi connectivity index (χ1v) is 8.39. The van der Waals surface area contributed by atoms with Crippen LogP contribution < -0.4 is 10.1 Å². The molecule has 0 spiro atoms. The highest BCUT2D eigenvalue weighted by atomic mass is 35.5. The maximum Gasteiger partial charge on any atom is 0.286 e. The molecule has 0 radical (unpaired) electrons. The summed E-state index contributed by atoms with van der Waals surface area (Å²) in [5.41, 5.74) is 0. The van der Waals surface area contributed by atoms with Crippen LogP contribution in [0, 0.1) is 0 Å². The molecule has 0 fully saturated rings. The minimum Gasteiger partial charge on any atom is -0.484 e. The monoisotopic (exact) mass is 371 g/mol. The second-order valence-electron chi connectivity index (χ2n) is 4.91. The normalized spacial score (nSPS) is 10.6. The van der Waals surface area contributed by atoms with E-state index in [1.54, 1.807) is 30.3 Å². The van der Waals surface area contributed by atoms with Crippen LogP contribution >= 0.6 is 23.2 Å². The van der Waals surface area contributed by atoms with Crippen molar-refractivity contribution in [2.45, 2.75) is 20.0 Å². The van der Waals surface area contributed by atoms with Gasteiger partial charge in [-0.25, -0.2) is 0 Å². The first-order valence-electron chi connectivity index (χ1n) is 7.63. The minimum atomic E-state index is -0.265. The lowest BCUT2D eigenvalue weighted by Gasteiger charge is -2.07. The molecule has 0 saturated carbocycles. The third-order valence-corrected chi connectivity index (χ3v) is 3.93. The lowest BCUT2D eigenvalue weighted by Crippen LogP contribution is -2.24. The van der Waals surface area contributed by atoms with Crippen LogP contribution in [0.15, 0.2) is 34.7 Å². The van der Waals surface area contributed by atoms with Gasteiger partial charge in [0.1, 0.15) is 23.1 Å². The van der Waals surface area contributed by atoms with Crippen molar-refractivity contribution in [3.8, 4) is 5.75 Å². The Balaban J connectivity index is 1.82. The molecule has 1 aromatic heterocycles. The van der Waals surface area contributed by atoms with Gasteiger partial charge in [0.15, 0.2) is 5.76 Å². The van der Waals surface area contributed by atoms with Gasteiger partial charge in [0.25, 0.3) is 5.91 Å². The van der Waals surface area contributed by atoms with Crippen LogP contribution in [-0.2, 0) is 11.3 Å². The zero-order valence-corrected chi connectivity index (χ0v) is 14.8. The van der Waals surface area contributed by atoms with E-state index in [2.05, 4.69) is 5.32 Å². The first kappa shape index (κ1) is 18.6. The van der Waals surface area contributed by atoms with E-state index in [4.69, 9.17) is 37.1 Å². The molecular weight excluding hydrogens is 353 g/mol. The molecule has 1 aromatic carbocycles. The van der Waals surface area contributed by atoms with Crippen LogP contribution in [0.1, 0.15) is 29.7 Å². The summed E-state index contributed by atoms with van der Waals surface area (Å²) in [6.07, 6.45) is 0.753. The summed E-state index contributed by atoms with van der Waals surface area (Å²) in [4.78, 5) is 11.9. The second-order valence-corrected chi connectivity index (χ2v) is 5.70. The zero-order chi connectivity index (χ0) is 17.4. The van der Waals surface area contributed by atoms with Crippen LogP contribution in [0.4, 0.5) is 0 Å². The number of furan rings is 1. The Morgan fingerprint density at radius 3 is 2.88 bits per heavy atom. The van der Waals surface area contributed by atoms with E-state index in [9.17, 15) is 4.79 Å². The highest BCUT2D eigenvalue weighted by Gasteiger charge is 2.12. The van der Waals surface area contributed by atoms with Crippen molar-refractivity contribution in [2.75, 3.05) is 19.8 Å². The number of hydrogen-bond acceptors (Lipinski definition) is 4. The average Bonchev–Trinajstić information content (AvgIpc) is 3.05. The number of benzene rings is 1. The van der Waals surface area contributed by atoms with Crippen LogP contribution in [0.3, 0.4) is 0 Å². The third-order valence-electron chi connectivity index (χ3n) is 3.13. The van der Waals surface area contributed by atoms with Crippen LogP contribution in [-0.4, -0.2) is 25.7 Å². The molecule has 0 atom stereocenters. The van der Waals surface area contributed by atoms with Gasteiger partial charge in [0.2, 0.25) is 0 Å². The van der Waals surface area contributed by atoms with Gasteiger partial charge in [-0.15, -0.1) is 0 Å². The van der Waals surface area contributed by atoms with E-state index in [-0.39, 0.29) is 18.3 Å². The molecule has 1 amide bonds. The van der Waals surface area contributed by atoms with Crippen LogP contribution in [0.5, 0.6) is 5.75 Å². The quantitative estimate of drug-likeness (QED) is 0.666. The molecule has 0 bridgehead atoms. The summed E-state index contributed by atoms with van der Waals surface area (Å²) in [5.74, 6) is 0.953. The highest BCUT2D eigenvalue weighted by Crippen LogP contribution is 2.32. The second kappa shape index (κ2) is 9.57. The number of rotatable bonds is 9. The Hall–Kier alpha value is -1.69. The fourth-order valence-corrected chi connectivity index (χ4v) is 2.28. The van der Waals surface area contributed by atoms with Crippen LogP contribution in [0.25, 0.3) is 0 Å². The topological polar surface area (TPSA) is 60.7 Å². The van der Waals surface area contributed by atoms with E-state index in [1.165, 1.54) is 0 Å². The van der Waals surface area contributed by atoms with Gasteiger partial charge in [0.05, 0.1) is 5.02 Å². The van der Waals surface area contributed by atoms with Gasteiger partial charge < -0.3 is 19.2 Å². The van der Waals surface area contributed by atoms with Gasteiger partial charge in [-0.3, -0.25) is 4.79 Å². The standard InChI is InChI=1S/C17H19Cl2NO4/c1-2-22-10-4-9-20-17(21)15-8-7-12(24-15)11-23-14-6-3-5-13(18)16(14)19/h3,5-8H,2,4,9-11H2,1H3,(H,20,21). The van der Waals surface area contributed by atoms with Crippen molar-refractivity contribution in [1.82, 2.24) is 5.32 Å². The van der Waals surface area contributed by atoms with Crippen molar-refractivity contribution in [1.29, 1.82) is 0 Å². The van der Waals surface area contributed by atoms with Gasteiger partial charge in [-0.05, 0) is 37.6 Å². The fraction of sp³-hybridized carbons (Fsp3) is 0.353. The molecule has 0 aliphatic heterocycles. The molecule has 0 aliphatic carbocycles. The average molecular weight is 372 g/mol. The molecule has 2 rings (SSSR count). The number of nitrogens with one attached hydrogen (secondary N) is 1. The Labute approximate surface area is 150 Å². The van der Waals surface area contributed by atoms with E-state index in [0.717, 1.165) is 6.42 Å². The predicted molar refractivity (Wildman–Crippen MR) is 92.9 cm³/mol. The predicted octanol–water partition coefficient (Wildman–Crippen LogP) is 4.32. The van der Waals surface area contributed by atoms with E-state index < -0.39 is 0 Å². The number of ether oxygens (including phenoxy) is 2. The summed E-state index contributed by atoms with van der Waals surface area (Å²) in [5, 5.41) is 3.53. The van der Waals surface area contributed by atoms with Gasteiger partial charge >= 0.3 is 0 Å². The highest BCUT2D eigenvalue weighted by molar-refractivity contribution is 6.42. The van der Waals surface area contributed by atoms with Crippen LogP contribution in [0.2, 0.25) is 10.0 Å². The molecular formula is C17H19Cl2NO4. The largest absolute Gasteiger partial charge is 0.484 e. The van der Waals surface area contributed by atoms with Crippen molar-refractivity contribution < 1.29 is 18.7 Å². The SMILES string of the molecule is CCOCCCNC(=O)c1ccc(COc2cccc(Cl)c2Cl)o1. The number of amides is 1. The molecule has 7 heteroatoms. The minimum absolute atomic E-state index is 0.150. The summed E-state index contributed by atoms with van der Waals surface area (Å²) in [7, 11) is 0. The van der Waals surface area contributed by atoms with Crippen molar-refractivity contribution >= 4 is 29.1 Å². The molecule has 1 N–H and O–H groups in total. The fourth-order valence-electron chi connectivity index (χ4n) is 1.93. The molecule has 0 saturated heterocycles. The molecule has 130 valence electrons. The smallest absolute Gasteiger partial charge is 0.286 e. The van der Waals surface area contributed by atoms with Gasteiger partial charge in [-0.2, -0.15) is 0 Å². The number of carbonyl (C=O) groups is 1. The Bertz CT molecular complexity index is 672. The lowest BCUT2D eigenvalue weighted by molar-refractivity contribution is 0.0913. The van der Waals surface area contributed by atoms with Crippen molar-refractivity contribution in [3.05, 3.63) is 51.9 Å². The number of halogens is 2. The van der Waals surface area contributed by atoms with Crippen molar-refractivity contribution in [3.63, 3.8) is 0 Å². The Kier molecular flexibility index (Phi) is 7.43. The van der Waals surface area contributed by atoms with E-state index >= 15 is 0 Å². The van der Waals surface area contributed by atoms with Gasteiger partial charge in [0, 0.05) is 19.8 Å². The summed E-state index contributed by atoms with van der Waals surface area (Å²) < 4.78 is 16.2. The maximum atomic E-state index is 11.9. The number of hydrogen-bond donors (Lipinski definition) is 1. The Morgan fingerprint density at radius 2 is 2.08 bits per heavy atom. The van der Waals surface area contributed by atoms with Gasteiger partial charge in [-0.1, -0.05) is 29.3 Å². The first-order chi connectivity index (χ1) is 11.6. The summed E-state index contributed by atoms with van der Waals surface area (Å²) in [6, 6.07) is 8.43. The molecule has 0 aliphatic rings. The summed E-state index contributed by atoms with van der Waals surface area (Å²) in [6.45, 7) is 3.91. The molecule has 0 unspecified atom stereocenters. The lowest BCUT2D eigenvalue weighted by atomic mass is 10.3. The number of carbonyl (C=O) groups excluding carboxylic acids is 1. The third kappa shape index (κ3) is 5.44. The summed E-state index contributed by atoms with van der Waals surface area (Å²) >= 11 is 12.0. The maximum absolute atomic E-state index is 11.9.